The van der Waals surface area contributed by atoms with E-state index in [-0.39, 0.29) is 5.91 Å². The standard InChI is InChI=1S/C17H20ClNO3S2/c1-3-4-5-6-7-22-15-12(18)8-11(9-13(15)21-2)10-14-16(20)19-17(23)24-14/h8-10H,3-7H2,1-2H3,(H,19,20,23)/b14-10+. The zero-order valence-corrected chi connectivity index (χ0v) is 16.1. The number of carbonyl (C=O) groups is 1. The summed E-state index contributed by atoms with van der Waals surface area (Å²) in [4.78, 5) is 12.3. The molecule has 0 aromatic heterocycles. The van der Waals surface area contributed by atoms with E-state index in [1.807, 2.05) is 0 Å². The summed E-state index contributed by atoms with van der Waals surface area (Å²) >= 11 is 12.5. The molecule has 130 valence electrons. The van der Waals surface area contributed by atoms with Crippen LogP contribution in [0.25, 0.3) is 6.08 Å². The molecule has 7 heteroatoms. The molecule has 1 aliphatic heterocycles. The van der Waals surface area contributed by atoms with Crippen molar-refractivity contribution in [2.75, 3.05) is 13.7 Å². The molecular weight excluding hydrogens is 366 g/mol. The number of rotatable bonds is 8. The number of methoxy groups -OCH3 is 1. The second kappa shape index (κ2) is 9.30. The van der Waals surface area contributed by atoms with Crippen LogP contribution in [0.4, 0.5) is 0 Å². The maximum absolute atomic E-state index is 11.7. The Morgan fingerprint density at radius 1 is 1.33 bits per heavy atom. The van der Waals surface area contributed by atoms with Crippen LogP contribution in [0.5, 0.6) is 11.5 Å². The average molecular weight is 386 g/mol. The molecule has 0 aliphatic carbocycles. The smallest absolute Gasteiger partial charge is 0.263 e. The van der Waals surface area contributed by atoms with Crippen molar-refractivity contribution in [3.8, 4) is 11.5 Å². The van der Waals surface area contributed by atoms with Gasteiger partial charge in [0.25, 0.3) is 5.91 Å². The van der Waals surface area contributed by atoms with Crippen LogP contribution < -0.4 is 14.8 Å². The fraction of sp³-hybridized carbons (Fsp3) is 0.412. The molecule has 0 atom stereocenters. The first kappa shape index (κ1) is 19.1. The summed E-state index contributed by atoms with van der Waals surface area (Å²) in [6, 6.07) is 3.56. The van der Waals surface area contributed by atoms with Gasteiger partial charge in [-0.3, -0.25) is 4.79 Å². The normalized spacial score (nSPS) is 15.7. The van der Waals surface area contributed by atoms with E-state index in [0.29, 0.717) is 32.4 Å². The monoisotopic (exact) mass is 385 g/mol. The first-order valence-electron chi connectivity index (χ1n) is 7.80. The lowest BCUT2D eigenvalue weighted by molar-refractivity contribution is -0.115. The number of thiocarbonyl (C=S) groups is 1. The third-order valence-electron chi connectivity index (χ3n) is 3.44. The van der Waals surface area contributed by atoms with E-state index in [4.69, 9.17) is 33.3 Å². The van der Waals surface area contributed by atoms with Gasteiger partial charge in [0.15, 0.2) is 11.5 Å². The minimum Gasteiger partial charge on any atom is -0.493 e. The SMILES string of the molecule is CCCCCCOc1c(Cl)cc(/C=C2/SC(=S)NC2=O)cc1OC. The summed E-state index contributed by atoms with van der Waals surface area (Å²) in [5.41, 5.74) is 0.762. The average Bonchev–Trinajstić information content (AvgIpc) is 2.86. The van der Waals surface area contributed by atoms with Crippen molar-refractivity contribution in [3.05, 3.63) is 27.6 Å². The molecule has 0 radical (unpaired) electrons. The Balaban J connectivity index is 2.13. The van der Waals surface area contributed by atoms with Crippen molar-refractivity contribution in [1.29, 1.82) is 0 Å². The number of ether oxygens (including phenoxy) is 2. The molecule has 1 fully saturated rings. The highest BCUT2D eigenvalue weighted by molar-refractivity contribution is 8.26. The number of hydrogen-bond acceptors (Lipinski definition) is 5. The molecule has 1 heterocycles. The van der Waals surface area contributed by atoms with Gasteiger partial charge in [-0.15, -0.1) is 0 Å². The molecule has 0 bridgehead atoms. The Bertz CT molecular complexity index is 661. The number of carbonyl (C=O) groups excluding carboxylic acids is 1. The van der Waals surface area contributed by atoms with Gasteiger partial charge in [-0.05, 0) is 30.2 Å². The second-order valence-corrected chi connectivity index (χ2v) is 7.42. The molecular formula is C17H20ClNO3S2. The third kappa shape index (κ3) is 5.13. The lowest BCUT2D eigenvalue weighted by atomic mass is 10.1. The minimum atomic E-state index is -0.198. The van der Waals surface area contributed by atoms with Crippen LogP contribution in [-0.2, 0) is 4.79 Å². The van der Waals surface area contributed by atoms with E-state index in [0.717, 1.165) is 18.4 Å². The number of benzene rings is 1. The summed E-state index contributed by atoms with van der Waals surface area (Å²) in [7, 11) is 1.57. The molecule has 0 saturated carbocycles. The van der Waals surface area contributed by atoms with Crippen molar-refractivity contribution in [3.63, 3.8) is 0 Å². The van der Waals surface area contributed by atoms with Crippen molar-refractivity contribution in [1.82, 2.24) is 5.32 Å². The Hall–Kier alpha value is -1.24. The van der Waals surface area contributed by atoms with Crippen LogP contribution in [0.15, 0.2) is 17.0 Å². The molecule has 2 rings (SSSR count). The summed E-state index contributed by atoms with van der Waals surface area (Å²) in [6.45, 7) is 2.77. The Labute approximate surface area is 156 Å². The van der Waals surface area contributed by atoms with E-state index in [1.165, 1.54) is 24.6 Å². The largest absolute Gasteiger partial charge is 0.493 e. The quantitative estimate of drug-likeness (QED) is 0.396. The van der Waals surface area contributed by atoms with Gasteiger partial charge in [-0.25, -0.2) is 0 Å². The number of unbranched alkanes of at least 4 members (excludes halogenated alkanes) is 3. The van der Waals surface area contributed by atoms with E-state index < -0.39 is 0 Å². The van der Waals surface area contributed by atoms with Gasteiger partial charge in [-0.2, -0.15) is 0 Å². The predicted octanol–water partition coefficient (Wildman–Crippen LogP) is 4.80. The Morgan fingerprint density at radius 2 is 2.12 bits per heavy atom. The van der Waals surface area contributed by atoms with Gasteiger partial charge < -0.3 is 14.8 Å². The molecule has 24 heavy (non-hydrogen) atoms. The molecule has 1 aromatic rings. The lowest BCUT2D eigenvalue weighted by Crippen LogP contribution is -2.17. The maximum atomic E-state index is 11.7. The second-order valence-electron chi connectivity index (χ2n) is 5.30. The van der Waals surface area contributed by atoms with E-state index >= 15 is 0 Å². The molecule has 0 spiro atoms. The molecule has 4 nitrogen and oxygen atoms in total. The summed E-state index contributed by atoms with van der Waals surface area (Å²) in [5, 5.41) is 3.05. The van der Waals surface area contributed by atoms with Gasteiger partial charge in [0.1, 0.15) is 4.32 Å². The number of nitrogens with one attached hydrogen (secondary N) is 1. The fourth-order valence-corrected chi connectivity index (χ4v) is 3.56. The highest BCUT2D eigenvalue weighted by Crippen LogP contribution is 2.38. The van der Waals surface area contributed by atoms with Crippen LogP contribution in [0.1, 0.15) is 38.2 Å². The zero-order chi connectivity index (χ0) is 17.5. The van der Waals surface area contributed by atoms with Gasteiger partial charge in [-0.1, -0.05) is 61.8 Å². The summed E-state index contributed by atoms with van der Waals surface area (Å²) < 4.78 is 11.6. The maximum Gasteiger partial charge on any atom is 0.263 e. The first-order valence-corrected chi connectivity index (χ1v) is 9.40. The minimum absolute atomic E-state index is 0.198. The van der Waals surface area contributed by atoms with Crippen molar-refractivity contribution < 1.29 is 14.3 Å². The highest BCUT2D eigenvalue weighted by atomic mass is 35.5. The van der Waals surface area contributed by atoms with Crippen molar-refractivity contribution >= 4 is 51.9 Å². The topological polar surface area (TPSA) is 47.6 Å². The van der Waals surface area contributed by atoms with Gasteiger partial charge in [0.05, 0.1) is 23.6 Å². The van der Waals surface area contributed by atoms with Crippen LogP contribution in [0.2, 0.25) is 5.02 Å². The van der Waals surface area contributed by atoms with E-state index in [1.54, 1.807) is 25.3 Å². The molecule has 1 saturated heterocycles. The van der Waals surface area contributed by atoms with Crippen LogP contribution in [0.3, 0.4) is 0 Å². The van der Waals surface area contributed by atoms with Crippen LogP contribution >= 0.6 is 35.6 Å². The zero-order valence-electron chi connectivity index (χ0n) is 13.7. The highest BCUT2D eigenvalue weighted by Gasteiger charge is 2.22. The number of halogens is 1. The molecule has 1 aliphatic rings. The summed E-state index contributed by atoms with van der Waals surface area (Å²) in [6.07, 6.45) is 6.23. The number of amides is 1. The third-order valence-corrected chi connectivity index (χ3v) is 4.88. The van der Waals surface area contributed by atoms with Gasteiger partial charge in [0, 0.05) is 0 Å². The molecule has 1 N–H and O–H groups in total. The van der Waals surface area contributed by atoms with Gasteiger partial charge in [0.2, 0.25) is 0 Å². The van der Waals surface area contributed by atoms with Gasteiger partial charge >= 0.3 is 0 Å². The van der Waals surface area contributed by atoms with Crippen molar-refractivity contribution in [2.45, 2.75) is 32.6 Å². The number of hydrogen-bond donors (Lipinski definition) is 1. The van der Waals surface area contributed by atoms with Crippen LogP contribution in [0, 0.1) is 0 Å². The Morgan fingerprint density at radius 3 is 2.75 bits per heavy atom. The van der Waals surface area contributed by atoms with Crippen LogP contribution in [-0.4, -0.2) is 23.9 Å². The molecule has 1 amide bonds. The molecule has 0 unspecified atom stereocenters. The van der Waals surface area contributed by atoms with E-state index in [9.17, 15) is 4.79 Å². The summed E-state index contributed by atoms with van der Waals surface area (Å²) in [5.74, 6) is 0.893. The van der Waals surface area contributed by atoms with E-state index in [2.05, 4.69) is 12.2 Å². The molecule has 1 aromatic carbocycles. The van der Waals surface area contributed by atoms with Crippen molar-refractivity contribution in [2.24, 2.45) is 0 Å². The number of thioether (sulfide) groups is 1. The predicted molar refractivity (Wildman–Crippen MR) is 104 cm³/mol. The fourth-order valence-electron chi connectivity index (χ4n) is 2.24. The first-order chi connectivity index (χ1) is 11.5. The Kier molecular flexibility index (Phi) is 7.40. The lowest BCUT2D eigenvalue weighted by Gasteiger charge is -2.13.